The van der Waals surface area contributed by atoms with Crippen LogP contribution in [0.15, 0.2) is 115 Å². The number of hydrogen-bond donors (Lipinski definition) is 0. The molecule has 0 unspecified atom stereocenters. The van der Waals surface area contributed by atoms with Crippen molar-refractivity contribution in [3.63, 3.8) is 0 Å². The third-order valence-electron chi connectivity index (χ3n) is 5.92. The van der Waals surface area contributed by atoms with E-state index in [1.165, 1.54) is 33.5 Å². The van der Waals surface area contributed by atoms with E-state index >= 15 is 0 Å². The van der Waals surface area contributed by atoms with Crippen LogP contribution in [0, 0.1) is 0 Å². The Morgan fingerprint density at radius 3 is 1.27 bits per heavy atom. The van der Waals surface area contributed by atoms with Gasteiger partial charge >= 0.3 is 189 Å². The topological polar surface area (TPSA) is 0 Å². The molecule has 0 aliphatic carbocycles. The van der Waals surface area contributed by atoms with Gasteiger partial charge in [0.1, 0.15) is 0 Å². The van der Waals surface area contributed by atoms with Gasteiger partial charge in [0.05, 0.1) is 0 Å². The number of benzene rings is 4. The first-order valence-electron chi connectivity index (χ1n) is 10.6. The molecule has 4 rings (SSSR count). The molecule has 0 aliphatic heterocycles. The van der Waals surface area contributed by atoms with Crippen molar-refractivity contribution in [2.45, 2.75) is 25.9 Å². The van der Waals surface area contributed by atoms with E-state index in [4.69, 9.17) is 0 Å². The Labute approximate surface area is 188 Å². The molecule has 0 aliphatic rings. The molecule has 4 aromatic rings. The number of aryl methyl sites for hydroxylation is 1. The second-order valence-electron chi connectivity index (χ2n) is 7.91. The predicted molar refractivity (Wildman–Crippen MR) is 138 cm³/mol. The molecule has 0 heterocycles. The quantitative estimate of drug-likeness (QED) is 0.253. The van der Waals surface area contributed by atoms with E-state index in [2.05, 4.69) is 138 Å². The van der Waals surface area contributed by atoms with E-state index in [9.17, 15) is 0 Å². The molecule has 0 nitrogen and oxygen atoms in total. The van der Waals surface area contributed by atoms with Crippen LogP contribution in [0.2, 0.25) is 0 Å². The van der Waals surface area contributed by atoms with Crippen LogP contribution in [0.1, 0.15) is 24.5 Å². The Hall–Kier alpha value is -2.21. The van der Waals surface area contributed by atoms with Crippen LogP contribution < -0.4 is 15.9 Å². The van der Waals surface area contributed by atoms with E-state index in [0.29, 0.717) is 0 Å². The molecule has 0 bridgehead atoms. The summed E-state index contributed by atoms with van der Waals surface area (Å²) in [7, 11) is 0. The summed E-state index contributed by atoms with van der Waals surface area (Å²) in [6.45, 7) is 2.24. The fraction of sp³-hybridized carbons (Fsp3) is 0.143. The first-order valence-corrected chi connectivity index (χ1v) is 15.1. The van der Waals surface area contributed by atoms with Gasteiger partial charge in [0.25, 0.3) is 0 Å². The van der Waals surface area contributed by atoms with Crippen LogP contribution in [0.4, 0.5) is 0 Å². The molecule has 0 atom stereocenters. The van der Waals surface area contributed by atoms with Gasteiger partial charge in [-0.3, -0.25) is 0 Å². The average Bonchev–Trinajstić information content (AvgIpc) is 2.82. The maximum atomic E-state index is 4.53. The summed E-state index contributed by atoms with van der Waals surface area (Å²) < 4.78 is 0. The van der Waals surface area contributed by atoms with Crippen LogP contribution in [-0.4, -0.2) is 0 Å². The van der Waals surface area contributed by atoms with Crippen molar-refractivity contribution in [2.24, 2.45) is 0 Å². The third-order valence-corrected chi connectivity index (χ3v) is 15.4. The summed E-state index contributed by atoms with van der Waals surface area (Å²) in [5, 5.41) is 1.17. The summed E-state index contributed by atoms with van der Waals surface area (Å²) in [5.41, 5.74) is 2.77. The van der Waals surface area contributed by atoms with Crippen LogP contribution in [-0.2, 0) is 12.6 Å². The van der Waals surface area contributed by atoms with Crippen molar-refractivity contribution in [2.75, 3.05) is 0 Å². The van der Waals surface area contributed by atoms with Gasteiger partial charge in [0.2, 0.25) is 0 Å². The fourth-order valence-electron chi connectivity index (χ4n) is 4.38. The Morgan fingerprint density at radius 2 is 0.900 bits per heavy atom. The van der Waals surface area contributed by atoms with Crippen molar-refractivity contribution in [1.82, 2.24) is 0 Å². The first-order chi connectivity index (χ1) is 14.6. The molecule has 4 aromatic carbocycles. The van der Waals surface area contributed by atoms with Crippen LogP contribution in [0.5, 0.6) is 0 Å². The Morgan fingerprint density at radius 1 is 0.533 bits per heavy atom. The molecular formula is C28H28BrP. The van der Waals surface area contributed by atoms with Crippen molar-refractivity contribution in [3.05, 3.63) is 126 Å². The van der Waals surface area contributed by atoms with Gasteiger partial charge in [0.15, 0.2) is 0 Å². The van der Waals surface area contributed by atoms with Crippen LogP contribution in [0.3, 0.4) is 0 Å². The van der Waals surface area contributed by atoms with Crippen LogP contribution in [0.25, 0.3) is 0 Å². The zero-order valence-electron chi connectivity index (χ0n) is 17.4. The molecule has 0 saturated carbocycles. The number of rotatable bonds is 7. The second-order valence-corrected chi connectivity index (χ2v) is 16.8. The summed E-state index contributed by atoms with van der Waals surface area (Å²) >= 11 is 4.53. The Bertz CT molecular complexity index is 974. The summed E-state index contributed by atoms with van der Waals surface area (Å²) in [5.74, 6) is 0. The molecule has 0 radical (unpaired) electrons. The zero-order chi connectivity index (χ0) is 20.9. The number of hydrogen-bond acceptors (Lipinski definition) is 0. The molecule has 0 fully saturated rings. The van der Waals surface area contributed by atoms with Crippen LogP contribution >= 0.6 is 20.8 Å². The normalized spacial score (nSPS) is 12.8. The summed E-state index contributed by atoms with van der Waals surface area (Å²) in [4.78, 5) is 0. The number of halogens is 1. The summed E-state index contributed by atoms with van der Waals surface area (Å²) in [6, 6.07) is 42.3. The molecule has 0 saturated heterocycles. The first kappa shape index (κ1) is 21.0. The van der Waals surface area contributed by atoms with Gasteiger partial charge in [-0.15, -0.1) is 0 Å². The van der Waals surface area contributed by atoms with E-state index in [1.807, 2.05) is 0 Å². The molecule has 0 amide bonds. The Kier molecular flexibility index (Phi) is 6.23. The molecule has 2 heteroatoms. The van der Waals surface area contributed by atoms with Gasteiger partial charge in [-0.2, -0.15) is 0 Å². The van der Waals surface area contributed by atoms with E-state index < -0.39 is 5.31 Å². The monoisotopic (exact) mass is 474 g/mol. The standard InChI is InChI=1S/C28H28BrP/c1-2-12-24-19-21-25(22-20-24)23-30(29,26-13-6-3-7-14-26,27-15-8-4-9-16-27)28-17-10-5-11-18-28/h3-11,13-22H,2,12,23H2,1H3. The van der Waals surface area contributed by atoms with E-state index in [0.717, 1.165) is 12.6 Å². The SMILES string of the molecule is CCCc1ccc(CP(Br)(c2ccccc2)(c2ccccc2)c2ccccc2)cc1. The van der Waals surface area contributed by atoms with Gasteiger partial charge in [-0.05, 0) is 0 Å². The van der Waals surface area contributed by atoms with Gasteiger partial charge in [-0.1, -0.05) is 0 Å². The molecular weight excluding hydrogens is 447 g/mol. The summed E-state index contributed by atoms with van der Waals surface area (Å²) in [6.07, 6.45) is 3.25. The van der Waals surface area contributed by atoms with E-state index in [1.54, 1.807) is 0 Å². The van der Waals surface area contributed by atoms with Gasteiger partial charge in [0, 0.05) is 0 Å². The van der Waals surface area contributed by atoms with Crippen molar-refractivity contribution in [3.8, 4) is 0 Å². The zero-order valence-corrected chi connectivity index (χ0v) is 19.9. The fourth-order valence-corrected chi connectivity index (χ4v) is 12.1. The van der Waals surface area contributed by atoms with Crippen molar-refractivity contribution in [1.29, 1.82) is 0 Å². The van der Waals surface area contributed by atoms with Crippen molar-refractivity contribution >= 4 is 36.7 Å². The third kappa shape index (κ3) is 3.78. The maximum absolute atomic E-state index is 4.53. The minimum absolute atomic E-state index is 0.941. The molecule has 30 heavy (non-hydrogen) atoms. The minimum atomic E-state index is -2.90. The predicted octanol–water partition coefficient (Wildman–Crippen LogP) is 6.98. The average molecular weight is 475 g/mol. The second kappa shape index (κ2) is 8.88. The van der Waals surface area contributed by atoms with Gasteiger partial charge < -0.3 is 0 Å². The molecule has 0 spiro atoms. The Balaban J connectivity index is 1.98. The van der Waals surface area contributed by atoms with Gasteiger partial charge in [-0.25, -0.2) is 0 Å². The van der Waals surface area contributed by atoms with E-state index in [-0.39, 0.29) is 0 Å². The van der Waals surface area contributed by atoms with Crippen molar-refractivity contribution < 1.29 is 0 Å². The molecule has 0 aromatic heterocycles. The molecule has 152 valence electrons. The molecule has 0 N–H and O–H groups in total.